The van der Waals surface area contributed by atoms with E-state index in [0.717, 1.165) is 103 Å². The maximum absolute atomic E-state index is 16.6. The van der Waals surface area contributed by atoms with Crippen molar-refractivity contribution in [3.05, 3.63) is 0 Å². The number of hydrogen-bond acceptors (Lipinski definition) is 32. The van der Waals surface area contributed by atoms with E-state index in [2.05, 4.69) is 11.7 Å². The standard InChI is InChI=1S/C95H177N3O32/c1-26-28-30-32-34-36-38-39-40-41-42-43-44-46-48-50-52-54-56-68(109-12)89(101)97(5)66(78(114-17)67(108-11)55-53-51-49-47-45-37-35-33-31-29-27-2)59-123-90-87(119-22)85(118-21)82(74(125-90)63-107-10)127-91-88(120-23)86(81(117-20)73(126-91)62-106-9)130-95(93(103)122-25)58-70(111-14)77(84(129-95)80(116-19)72(113-16)61-105-8)98(6)75(100)64-124-94(92(102)121-24)57-69(110-13)76(96(4)65(3)99)83(128-94)79(115-18)71(112-15)60-104-7/h66-74,76-88,90-91H,26-64H2,1-25H3/t66-,67+,68+,69-,70-,71+,72+,73+,74+,76+,77+,78-,79+,80+,81-,82+,83+,84+,85-,86-,87+,88+,90+,91-,94+,95-/m0/s1/i4D3,5D3,6D3,7D3,8D3,9D3,10D3,11D3,12D3,13D3,14D3,16D3,17D3,18D3,19D3,20D3,21D3,22D3,23D3,24D3,25D3. The van der Waals surface area contributed by atoms with E-state index in [-0.39, 0.29) is 35.5 Å². The molecule has 0 aromatic carbocycles. The minimum atomic E-state index is -5.08. The largest absolute Gasteiger partial charge is 0.465 e. The summed E-state index contributed by atoms with van der Waals surface area (Å²) >= 11 is 0. The van der Waals surface area contributed by atoms with Gasteiger partial charge in [0.2, 0.25) is 11.8 Å². The molecular formula is C95H177N3O32. The molecule has 0 N–H and O–H groups in total. The first-order chi connectivity index (χ1) is 87.1. The predicted octanol–water partition coefficient (Wildman–Crippen LogP) is 11.0. The van der Waals surface area contributed by atoms with Gasteiger partial charge in [0, 0.05) is 173 Å². The molecule has 4 aliphatic rings. The molecule has 0 aliphatic carbocycles. The van der Waals surface area contributed by atoms with Crippen molar-refractivity contribution in [2.24, 2.45) is 0 Å². The molecule has 0 aromatic heterocycles. The summed E-state index contributed by atoms with van der Waals surface area (Å²) in [5.41, 5.74) is 0. The molecule has 0 spiro atoms. The van der Waals surface area contributed by atoms with Crippen LogP contribution in [0.4, 0.5) is 0 Å². The number of hydrogen-bond donors (Lipinski definition) is 0. The van der Waals surface area contributed by atoms with Gasteiger partial charge in [0.05, 0.1) is 158 Å². The van der Waals surface area contributed by atoms with Crippen molar-refractivity contribution in [2.45, 2.75) is 391 Å². The number of amides is 3. The van der Waals surface area contributed by atoms with E-state index in [1.807, 2.05) is 6.92 Å². The van der Waals surface area contributed by atoms with Gasteiger partial charge in [-0.2, -0.15) is 0 Å². The van der Waals surface area contributed by atoms with Crippen LogP contribution in [0.2, 0.25) is 0 Å². The molecule has 4 aliphatic heterocycles. The lowest BCUT2D eigenvalue weighted by molar-refractivity contribution is -0.393. The number of methoxy groups -OCH3 is 19. The molecule has 26 atom stereocenters. The molecule has 0 unspecified atom stereocenters. The zero-order valence-electron chi connectivity index (χ0n) is 137. The van der Waals surface area contributed by atoms with Crippen LogP contribution in [-0.4, -0.2) is 397 Å². The van der Waals surface area contributed by atoms with Crippen LogP contribution in [0, 0.1) is 0 Å². The number of unbranched alkanes of at least 4 members (excludes halogenated alkanes) is 27. The van der Waals surface area contributed by atoms with Gasteiger partial charge >= 0.3 is 11.9 Å². The van der Waals surface area contributed by atoms with Crippen LogP contribution in [-0.2, 0) is 152 Å². The van der Waals surface area contributed by atoms with Crippen molar-refractivity contribution in [3.8, 4) is 0 Å². The number of carbonyl (C=O) groups is 5. The molecule has 4 rings (SSSR count). The molecular weight excluding hydrogens is 1700 g/mol. The van der Waals surface area contributed by atoms with Gasteiger partial charge < -0.3 is 143 Å². The number of rotatable bonds is 74. The molecule has 35 nitrogen and oxygen atoms in total. The average molecular weight is 1940 g/mol. The maximum Gasteiger partial charge on any atom is 0.366 e. The van der Waals surface area contributed by atoms with E-state index in [0.29, 0.717) is 52.6 Å². The minimum absolute atomic E-state index is 0.112. The first kappa shape index (κ1) is 53.7. The second kappa shape index (κ2) is 66.8. The molecule has 0 radical (unpaired) electrons. The second-order valence-electron chi connectivity index (χ2n) is 32.1. The maximum atomic E-state index is 16.6. The fourth-order valence-electron chi connectivity index (χ4n) is 16.6. The highest BCUT2D eigenvalue weighted by Crippen LogP contribution is 2.45. The second-order valence-corrected chi connectivity index (χ2v) is 32.1. The summed E-state index contributed by atoms with van der Waals surface area (Å²) in [6, 6.07) is -9.98. The zero-order chi connectivity index (χ0) is 149. The average Bonchev–Trinajstić information content (AvgIpc) is 0.722. The molecule has 4 heterocycles. The van der Waals surface area contributed by atoms with Crippen LogP contribution < -0.4 is 0 Å². The lowest BCUT2D eigenvalue weighted by Gasteiger charge is -2.54. The molecule has 0 saturated carbocycles. The van der Waals surface area contributed by atoms with Crippen LogP contribution in [0.3, 0.4) is 0 Å². The summed E-state index contributed by atoms with van der Waals surface area (Å²) < 4.78 is 692. The third kappa shape index (κ3) is 35.3. The Kier molecular flexibility index (Phi) is 27.6. The number of ether oxygens (including phenoxy) is 27. The topological polar surface area (TPSA) is 344 Å². The predicted molar refractivity (Wildman–Crippen MR) is 485 cm³/mol. The molecule has 764 valence electrons. The van der Waals surface area contributed by atoms with Gasteiger partial charge in [-0.25, -0.2) is 9.59 Å². The Hall–Kier alpha value is -3.65. The first-order valence-electron chi connectivity index (χ1n) is 75.0. The van der Waals surface area contributed by atoms with E-state index >= 15 is 19.2 Å². The minimum Gasteiger partial charge on any atom is -0.465 e. The Morgan fingerprint density at radius 3 is 1.36 bits per heavy atom. The zero-order valence-corrected chi connectivity index (χ0v) is 73.8. The highest BCUT2D eigenvalue weighted by Gasteiger charge is 2.64. The molecule has 3 amide bonds. The summed E-state index contributed by atoms with van der Waals surface area (Å²) in [7, 11) is -75.3. The molecule has 0 aromatic rings. The third-order valence-corrected chi connectivity index (χ3v) is 23.6. The van der Waals surface area contributed by atoms with E-state index in [4.69, 9.17) is 201 Å². The van der Waals surface area contributed by atoms with Crippen LogP contribution in [0.5, 0.6) is 0 Å². The lowest BCUT2D eigenvalue weighted by atomic mass is 9.86. The van der Waals surface area contributed by atoms with Gasteiger partial charge in [0.15, 0.2) is 12.6 Å². The fourth-order valence-corrected chi connectivity index (χ4v) is 16.6. The van der Waals surface area contributed by atoms with Crippen molar-refractivity contribution >= 4 is 29.7 Å². The van der Waals surface area contributed by atoms with Gasteiger partial charge in [0.25, 0.3) is 17.5 Å². The van der Waals surface area contributed by atoms with Gasteiger partial charge in [0.1, 0.15) is 104 Å². The smallest absolute Gasteiger partial charge is 0.366 e. The normalized spacial score (nSPS) is 37.1. The van der Waals surface area contributed by atoms with Crippen molar-refractivity contribution in [1.29, 1.82) is 0 Å². The Bertz CT molecular complexity index is 5310. The number of esters is 2. The highest BCUT2D eigenvalue weighted by molar-refractivity contribution is 5.82. The molecule has 4 saturated heterocycles. The summed E-state index contributed by atoms with van der Waals surface area (Å²) in [6.07, 6.45) is -54.3. The molecule has 130 heavy (non-hydrogen) atoms. The first-order valence-corrected chi connectivity index (χ1v) is 43.5. The SMILES string of the molecule is [2H]C([2H])([2H])OC[C@H]1O[C@@H](O[C@H]2[C@H](OC([2H])([2H])[2H])[C@@H](OC([2H])([2H])[2H])[C@H](OC[C@@H]([C@H](OC([2H])([2H])[2H])[C@@H](CCCCCCCCCCCCC)OC([2H])([2H])[2H])N(C(=O)[C@@H](CCCCCCCCCCCCCCCCCCCC)OC([2H])([2H])[2H])C([2H])([2H])[2H])O[C@@H]2COC([2H])([2H])[2H])[C@H](OC([2H])([2H])[2H])[C@@H](O[C@]2(C(=O)OC([2H])([2H])[2H])C[C@H](OC([2H])([2H])[2H])[C@@H](N(C(=O)CO[C@]3(C(=O)OC([2H])([2H])[2H])C[C@H](OC([2H])([2H])[2H])[C@@H](N(C(C)=O)C([2H])([2H])[2H])[C@H]([C@H](OC([2H])([2H])[2H])[C@@H](COC([2H])([2H])[2H])OC)O3)C([2H])([2H])[2H])[C@H]([C@H](OC([2H])([2H])[2H])[C@@H](COC([2H])([2H])[2H])OC([2H])([2H])[2H])O2)[C@H]1OC([2H])([2H])[2H]. The molecule has 0 bridgehead atoms. The van der Waals surface area contributed by atoms with Crippen molar-refractivity contribution < 1.29 is 238 Å². The molecule has 35 heteroatoms. The summed E-state index contributed by atoms with van der Waals surface area (Å²) in [5, 5.41) is 0. The monoisotopic (exact) mass is 1940 g/mol. The Morgan fingerprint density at radius 1 is 0.415 bits per heavy atom. The summed E-state index contributed by atoms with van der Waals surface area (Å²) in [4.78, 5) is 77.3. The summed E-state index contributed by atoms with van der Waals surface area (Å²) in [6.45, 7) is -21.3. The van der Waals surface area contributed by atoms with E-state index in [9.17, 15) is 13.0 Å². The fraction of sp³-hybridized carbons (Fsp3) is 0.947. The van der Waals surface area contributed by atoms with Crippen molar-refractivity contribution in [2.75, 3.05) is 194 Å². The van der Waals surface area contributed by atoms with Crippen LogP contribution in [0.15, 0.2) is 0 Å². The lowest BCUT2D eigenvalue weighted by Crippen LogP contribution is -2.72. The van der Waals surface area contributed by atoms with Crippen molar-refractivity contribution in [3.63, 3.8) is 0 Å². The number of nitrogens with zero attached hydrogens (tertiary/aromatic N) is 3. The van der Waals surface area contributed by atoms with E-state index < -0.39 is 406 Å². The molecule has 4 fully saturated rings. The summed E-state index contributed by atoms with van der Waals surface area (Å²) in [5.74, 6) is -22.0. The van der Waals surface area contributed by atoms with Gasteiger partial charge in [-0.05, 0) is 12.8 Å². The Morgan fingerprint density at radius 2 is 0.869 bits per heavy atom. The van der Waals surface area contributed by atoms with Crippen LogP contribution in [0.25, 0.3) is 0 Å². The van der Waals surface area contributed by atoms with Gasteiger partial charge in [-0.3, -0.25) is 14.4 Å². The van der Waals surface area contributed by atoms with Crippen LogP contribution >= 0.6 is 0 Å². The van der Waals surface area contributed by atoms with Gasteiger partial charge in [-0.1, -0.05) is 200 Å². The highest BCUT2D eigenvalue weighted by atomic mass is 16.8. The quantitative estimate of drug-likeness (QED) is 0.0403. The Labute approximate surface area is 868 Å². The Balaban J connectivity index is 2.51. The number of carbonyl (C=O) groups excluding carboxylic acids is 5. The van der Waals surface area contributed by atoms with Crippen molar-refractivity contribution in [1.82, 2.24) is 14.7 Å². The van der Waals surface area contributed by atoms with E-state index in [1.165, 1.54) is 19.3 Å². The van der Waals surface area contributed by atoms with Crippen LogP contribution in [0.1, 0.15) is 319 Å². The number of likely N-dealkylation sites (N-methyl/N-ethyl adjacent to an activating group) is 3. The third-order valence-electron chi connectivity index (χ3n) is 23.6. The van der Waals surface area contributed by atoms with E-state index in [1.54, 1.807) is 0 Å². The van der Waals surface area contributed by atoms with Gasteiger partial charge in [-0.15, -0.1) is 0 Å².